The van der Waals surface area contributed by atoms with E-state index in [-0.39, 0.29) is 0 Å². The molecule has 1 fully saturated rings. The summed E-state index contributed by atoms with van der Waals surface area (Å²) in [6.45, 7) is 3.26. The quantitative estimate of drug-likeness (QED) is 0.729. The monoisotopic (exact) mass is 335 g/mol. The van der Waals surface area contributed by atoms with Crippen molar-refractivity contribution < 1.29 is 0 Å². The van der Waals surface area contributed by atoms with E-state index >= 15 is 0 Å². The van der Waals surface area contributed by atoms with Crippen molar-refractivity contribution in [1.82, 2.24) is 4.90 Å². The third-order valence-electron chi connectivity index (χ3n) is 3.30. The van der Waals surface area contributed by atoms with Gasteiger partial charge >= 0.3 is 0 Å². The Bertz CT molecular complexity index is 384. The molecule has 1 aromatic rings. The number of likely N-dealkylation sites (tertiary alicyclic amines) is 1. The van der Waals surface area contributed by atoms with Crippen molar-refractivity contribution in [1.29, 1.82) is 0 Å². The van der Waals surface area contributed by atoms with Crippen molar-refractivity contribution in [3.05, 3.63) is 33.3 Å². The standard InChI is InChI=1S/C13H16BrCl2N/c14-12-2-1-11(13(16)7-12)9-17-6-4-10(8-17)3-5-15/h1-2,7,10H,3-6,8-9H2. The second-order valence-electron chi connectivity index (χ2n) is 4.60. The molecule has 94 valence electrons. The molecule has 1 saturated heterocycles. The fourth-order valence-electron chi connectivity index (χ4n) is 2.34. The molecule has 0 radical (unpaired) electrons. The molecular weight excluding hydrogens is 321 g/mol. The van der Waals surface area contributed by atoms with Crippen LogP contribution in [0.4, 0.5) is 0 Å². The fraction of sp³-hybridized carbons (Fsp3) is 0.538. The first-order valence-corrected chi connectivity index (χ1v) is 7.62. The van der Waals surface area contributed by atoms with E-state index in [0.717, 1.165) is 47.3 Å². The normalized spacial score (nSPS) is 21.0. The van der Waals surface area contributed by atoms with Gasteiger partial charge in [0.05, 0.1) is 0 Å². The van der Waals surface area contributed by atoms with Gasteiger partial charge in [0.2, 0.25) is 0 Å². The molecule has 4 heteroatoms. The van der Waals surface area contributed by atoms with Crippen molar-refractivity contribution >= 4 is 39.1 Å². The van der Waals surface area contributed by atoms with E-state index in [2.05, 4.69) is 26.9 Å². The Hall–Kier alpha value is 0.240. The maximum atomic E-state index is 6.23. The Morgan fingerprint density at radius 2 is 2.24 bits per heavy atom. The first kappa shape index (κ1) is 13.7. The SMILES string of the molecule is ClCCC1CCN(Cc2ccc(Br)cc2Cl)C1. The van der Waals surface area contributed by atoms with Crippen LogP contribution in [0, 0.1) is 5.92 Å². The van der Waals surface area contributed by atoms with Crippen LogP contribution in [-0.2, 0) is 6.54 Å². The number of alkyl halides is 1. The van der Waals surface area contributed by atoms with Crippen molar-refractivity contribution in [2.45, 2.75) is 19.4 Å². The first-order valence-electron chi connectivity index (χ1n) is 5.91. The highest BCUT2D eigenvalue weighted by Crippen LogP contribution is 2.26. The van der Waals surface area contributed by atoms with Crippen molar-refractivity contribution in [2.75, 3.05) is 19.0 Å². The number of hydrogen-bond donors (Lipinski definition) is 0. The highest BCUT2D eigenvalue weighted by atomic mass is 79.9. The summed E-state index contributed by atoms with van der Waals surface area (Å²) in [6, 6.07) is 6.11. The predicted molar refractivity (Wildman–Crippen MR) is 77.9 cm³/mol. The van der Waals surface area contributed by atoms with Crippen LogP contribution in [-0.4, -0.2) is 23.9 Å². The molecular formula is C13H16BrCl2N. The average molecular weight is 337 g/mol. The van der Waals surface area contributed by atoms with Crippen LogP contribution in [0.15, 0.2) is 22.7 Å². The Morgan fingerprint density at radius 1 is 1.41 bits per heavy atom. The summed E-state index contributed by atoms with van der Waals surface area (Å²) < 4.78 is 1.03. The summed E-state index contributed by atoms with van der Waals surface area (Å²) in [4.78, 5) is 2.46. The van der Waals surface area contributed by atoms with E-state index in [0.29, 0.717) is 0 Å². The molecule has 2 rings (SSSR count). The second kappa shape index (κ2) is 6.42. The highest BCUT2D eigenvalue weighted by Gasteiger charge is 2.22. The molecule has 1 atom stereocenters. The van der Waals surface area contributed by atoms with Crippen LogP contribution in [0.5, 0.6) is 0 Å². The maximum Gasteiger partial charge on any atom is 0.0462 e. The van der Waals surface area contributed by atoms with Gasteiger partial charge in [-0.05, 0) is 43.0 Å². The lowest BCUT2D eigenvalue weighted by molar-refractivity contribution is 0.315. The maximum absolute atomic E-state index is 6.23. The Labute approximate surface area is 121 Å². The van der Waals surface area contributed by atoms with Crippen LogP contribution in [0.3, 0.4) is 0 Å². The Balaban J connectivity index is 1.93. The van der Waals surface area contributed by atoms with Gasteiger partial charge in [0.1, 0.15) is 0 Å². The molecule has 1 aliphatic heterocycles. The van der Waals surface area contributed by atoms with E-state index < -0.39 is 0 Å². The van der Waals surface area contributed by atoms with E-state index in [4.69, 9.17) is 23.2 Å². The van der Waals surface area contributed by atoms with Gasteiger partial charge in [-0.15, -0.1) is 11.6 Å². The summed E-state index contributed by atoms with van der Waals surface area (Å²) in [7, 11) is 0. The van der Waals surface area contributed by atoms with Crippen molar-refractivity contribution in [2.24, 2.45) is 5.92 Å². The lowest BCUT2D eigenvalue weighted by atomic mass is 10.1. The molecule has 1 unspecified atom stereocenters. The van der Waals surface area contributed by atoms with E-state index in [1.807, 2.05) is 12.1 Å². The van der Waals surface area contributed by atoms with Gasteiger partial charge in [-0.3, -0.25) is 4.90 Å². The zero-order chi connectivity index (χ0) is 12.3. The number of rotatable bonds is 4. The number of hydrogen-bond acceptors (Lipinski definition) is 1. The molecule has 0 spiro atoms. The molecule has 1 nitrogen and oxygen atoms in total. The molecule has 0 bridgehead atoms. The molecule has 0 saturated carbocycles. The minimum absolute atomic E-state index is 0.765. The summed E-state index contributed by atoms with van der Waals surface area (Å²) in [5, 5.41) is 0.847. The number of nitrogens with zero attached hydrogens (tertiary/aromatic N) is 1. The molecule has 1 heterocycles. The van der Waals surface area contributed by atoms with E-state index in [1.54, 1.807) is 0 Å². The topological polar surface area (TPSA) is 3.24 Å². The highest BCUT2D eigenvalue weighted by molar-refractivity contribution is 9.10. The molecule has 0 amide bonds. The molecule has 0 N–H and O–H groups in total. The van der Waals surface area contributed by atoms with Gasteiger partial charge < -0.3 is 0 Å². The van der Waals surface area contributed by atoms with Crippen LogP contribution in [0.25, 0.3) is 0 Å². The summed E-state index contributed by atoms with van der Waals surface area (Å²) >= 11 is 15.4. The molecule has 0 aliphatic carbocycles. The second-order valence-corrected chi connectivity index (χ2v) is 6.30. The number of halogens is 3. The summed E-state index contributed by atoms with van der Waals surface area (Å²) in [5.74, 6) is 1.54. The van der Waals surface area contributed by atoms with E-state index in [9.17, 15) is 0 Å². The van der Waals surface area contributed by atoms with Gasteiger partial charge in [-0.25, -0.2) is 0 Å². The lowest BCUT2D eigenvalue weighted by Gasteiger charge is -2.16. The largest absolute Gasteiger partial charge is 0.299 e. The minimum Gasteiger partial charge on any atom is -0.299 e. The third kappa shape index (κ3) is 3.85. The number of benzene rings is 1. The zero-order valence-corrected chi connectivity index (χ0v) is 12.7. The van der Waals surface area contributed by atoms with Gasteiger partial charge in [0.15, 0.2) is 0 Å². The van der Waals surface area contributed by atoms with Gasteiger partial charge in [-0.2, -0.15) is 0 Å². The molecule has 1 aromatic carbocycles. The summed E-state index contributed by atoms with van der Waals surface area (Å²) in [6.07, 6.45) is 2.40. The predicted octanol–water partition coefficient (Wildman–Crippen LogP) is 4.55. The van der Waals surface area contributed by atoms with Crippen LogP contribution in [0.1, 0.15) is 18.4 Å². The Kier molecular flexibility index (Phi) is 5.16. The molecule has 17 heavy (non-hydrogen) atoms. The molecule has 1 aliphatic rings. The minimum atomic E-state index is 0.765. The van der Waals surface area contributed by atoms with E-state index in [1.165, 1.54) is 12.0 Å². The summed E-state index contributed by atoms with van der Waals surface area (Å²) in [5.41, 5.74) is 1.21. The fourth-order valence-corrected chi connectivity index (χ4v) is 3.38. The third-order valence-corrected chi connectivity index (χ3v) is 4.36. The van der Waals surface area contributed by atoms with Crippen molar-refractivity contribution in [3.8, 4) is 0 Å². The van der Waals surface area contributed by atoms with Gasteiger partial charge in [0.25, 0.3) is 0 Å². The van der Waals surface area contributed by atoms with Crippen molar-refractivity contribution in [3.63, 3.8) is 0 Å². The lowest BCUT2D eigenvalue weighted by Crippen LogP contribution is -2.20. The zero-order valence-electron chi connectivity index (χ0n) is 9.63. The average Bonchev–Trinajstić information content (AvgIpc) is 2.71. The van der Waals surface area contributed by atoms with Crippen LogP contribution >= 0.6 is 39.1 Å². The van der Waals surface area contributed by atoms with Crippen LogP contribution in [0.2, 0.25) is 5.02 Å². The Morgan fingerprint density at radius 3 is 2.94 bits per heavy atom. The first-order chi connectivity index (χ1) is 8.19. The van der Waals surface area contributed by atoms with Crippen LogP contribution < -0.4 is 0 Å². The smallest absolute Gasteiger partial charge is 0.0462 e. The van der Waals surface area contributed by atoms with Gasteiger partial charge in [0, 0.05) is 28.5 Å². The van der Waals surface area contributed by atoms with Gasteiger partial charge in [-0.1, -0.05) is 33.6 Å². The molecule has 0 aromatic heterocycles.